The van der Waals surface area contributed by atoms with Gasteiger partial charge in [0.1, 0.15) is 11.2 Å². The number of nitrogens with zero attached hydrogens (tertiary/aromatic N) is 3. The third-order valence-electron chi connectivity index (χ3n) is 12.5. The Morgan fingerprint density at radius 3 is 1.66 bits per heavy atom. The molecule has 1 aliphatic carbocycles. The lowest BCUT2D eigenvalue weighted by molar-refractivity contribution is 0.669. The first-order valence-electron chi connectivity index (χ1n) is 21.0. The van der Waals surface area contributed by atoms with Crippen molar-refractivity contribution >= 4 is 21.9 Å². The van der Waals surface area contributed by atoms with E-state index in [1.807, 2.05) is 36.7 Å². The molecule has 4 nitrogen and oxygen atoms in total. The van der Waals surface area contributed by atoms with Gasteiger partial charge < -0.3 is 4.42 Å². The summed E-state index contributed by atoms with van der Waals surface area (Å²) in [6, 6.07) is 75.6. The molecule has 0 spiro atoms. The van der Waals surface area contributed by atoms with Crippen molar-refractivity contribution in [2.75, 3.05) is 0 Å². The molecule has 290 valence electrons. The lowest BCUT2D eigenvalue weighted by Crippen LogP contribution is -2.28. The van der Waals surface area contributed by atoms with E-state index < -0.39 is 5.41 Å². The predicted molar refractivity (Wildman–Crippen MR) is 252 cm³/mol. The van der Waals surface area contributed by atoms with Gasteiger partial charge >= 0.3 is 0 Å². The number of pyridine rings is 1. The van der Waals surface area contributed by atoms with Gasteiger partial charge in [-0.2, -0.15) is 0 Å². The summed E-state index contributed by atoms with van der Waals surface area (Å²) in [5.41, 5.74) is 17.7. The van der Waals surface area contributed by atoms with Gasteiger partial charge in [-0.05, 0) is 98.1 Å². The Kier molecular flexibility index (Phi) is 8.36. The largest absolute Gasteiger partial charge is 0.456 e. The van der Waals surface area contributed by atoms with E-state index in [1.54, 1.807) is 0 Å². The van der Waals surface area contributed by atoms with Crippen LogP contribution in [-0.4, -0.2) is 15.0 Å². The highest BCUT2D eigenvalue weighted by Crippen LogP contribution is 2.56. The second kappa shape index (κ2) is 14.5. The minimum Gasteiger partial charge on any atom is -0.456 e. The van der Waals surface area contributed by atoms with Crippen LogP contribution in [0.2, 0.25) is 0 Å². The van der Waals surface area contributed by atoms with Gasteiger partial charge in [-0.1, -0.05) is 170 Å². The van der Waals surface area contributed by atoms with Crippen molar-refractivity contribution in [1.82, 2.24) is 15.0 Å². The number of aromatic nitrogens is 3. The zero-order chi connectivity index (χ0) is 41.0. The van der Waals surface area contributed by atoms with Crippen molar-refractivity contribution < 1.29 is 4.42 Å². The van der Waals surface area contributed by atoms with Gasteiger partial charge in [-0.15, -0.1) is 0 Å². The van der Waals surface area contributed by atoms with Gasteiger partial charge in [-0.25, -0.2) is 9.97 Å². The number of hydrogen-bond donors (Lipinski definition) is 0. The maximum absolute atomic E-state index is 6.13. The SMILES string of the molecule is c1ccc(C2(c3ccccc3)c3ccccc3-c3ccc(-c4cc(-c5ccc(-c6ccc7oc8ccccc8c7c6)cc5)nc(-c5ccccc5-c5ccncc5)n4)cc32)cc1. The molecule has 12 rings (SSSR count). The predicted octanol–water partition coefficient (Wildman–Crippen LogP) is 14.5. The van der Waals surface area contributed by atoms with Gasteiger partial charge in [0.05, 0.1) is 16.8 Å². The van der Waals surface area contributed by atoms with Crippen molar-refractivity contribution in [2.45, 2.75) is 5.41 Å². The quantitative estimate of drug-likeness (QED) is 0.161. The molecule has 0 bridgehead atoms. The highest BCUT2D eigenvalue weighted by Gasteiger charge is 2.46. The molecule has 8 aromatic carbocycles. The standard InChI is InChI=1S/C58H37N3O/c1-3-13-43(14-4-1)58(44-15-5-2-6-16-44)51-21-11-9-18-46(51)47-29-27-42(36-52(47)58)54-37-53(60-57(61-54)49-20-8-7-17-45(49)39-31-33-59-34-32-39)40-25-23-38(24-26-40)41-28-30-56-50(35-41)48-19-10-12-22-55(48)62-56/h1-37H. The van der Waals surface area contributed by atoms with Crippen LogP contribution in [0.1, 0.15) is 22.3 Å². The number of hydrogen-bond acceptors (Lipinski definition) is 4. The Balaban J connectivity index is 1.04. The van der Waals surface area contributed by atoms with Gasteiger partial charge in [0, 0.05) is 39.9 Å². The summed E-state index contributed by atoms with van der Waals surface area (Å²) in [5, 5.41) is 2.23. The van der Waals surface area contributed by atoms with Crippen molar-refractivity contribution in [2.24, 2.45) is 0 Å². The molecule has 0 radical (unpaired) electrons. The highest BCUT2D eigenvalue weighted by atomic mass is 16.3. The molecular weight excluding hydrogens is 755 g/mol. The molecule has 3 aromatic heterocycles. The Bertz CT molecular complexity index is 3410. The van der Waals surface area contributed by atoms with Crippen LogP contribution in [0.4, 0.5) is 0 Å². The van der Waals surface area contributed by atoms with Crippen molar-refractivity contribution in [3.8, 4) is 67.3 Å². The third-order valence-corrected chi connectivity index (χ3v) is 12.5. The molecule has 0 aliphatic heterocycles. The Morgan fingerprint density at radius 1 is 0.339 bits per heavy atom. The normalized spacial score (nSPS) is 12.6. The van der Waals surface area contributed by atoms with Crippen molar-refractivity contribution in [1.29, 1.82) is 0 Å². The summed E-state index contributed by atoms with van der Waals surface area (Å²) in [5.74, 6) is 0.660. The number of fused-ring (bicyclic) bond motifs is 6. The van der Waals surface area contributed by atoms with E-state index >= 15 is 0 Å². The van der Waals surface area contributed by atoms with Crippen LogP contribution < -0.4 is 0 Å². The van der Waals surface area contributed by atoms with Gasteiger partial charge in [0.15, 0.2) is 5.82 Å². The summed E-state index contributed by atoms with van der Waals surface area (Å²) in [6.07, 6.45) is 3.66. The second-order valence-electron chi connectivity index (χ2n) is 15.9. The summed E-state index contributed by atoms with van der Waals surface area (Å²) >= 11 is 0. The van der Waals surface area contributed by atoms with Crippen LogP contribution in [0, 0.1) is 0 Å². The zero-order valence-corrected chi connectivity index (χ0v) is 33.6. The van der Waals surface area contributed by atoms with E-state index in [0.29, 0.717) is 5.82 Å². The maximum Gasteiger partial charge on any atom is 0.161 e. The molecule has 0 fully saturated rings. The highest BCUT2D eigenvalue weighted by molar-refractivity contribution is 6.06. The van der Waals surface area contributed by atoms with E-state index in [0.717, 1.165) is 72.3 Å². The maximum atomic E-state index is 6.13. The number of rotatable bonds is 7. The molecule has 11 aromatic rings. The summed E-state index contributed by atoms with van der Waals surface area (Å²) in [7, 11) is 0. The first-order chi connectivity index (χ1) is 30.7. The average Bonchev–Trinajstić information content (AvgIpc) is 3.88. The van der Waals surface area contributed by atoms with Gasteiger partial charge in [0.2, 0.25) is 0 Å². The van der Waals surface area contributed by atoms with Crippen LogP contribution in [-0.2, 0) is 5.41 Å². The third kappa shape index (κ3) is 5.72. The topological polar surface area (TPSA) is 51.8 Å². The molecule has 0 unspecified atom stereocenters. The van der Waals surface area contributed by atoms with E-state index in [4.69, 9.17) is 14.4 Å². The molecule has 0 N–H and O–H groups in total. The van der Waals surface area contributed by atoms with Crippen molar-refractivity contribution in [3.63, 3.8) is 0 Å². The van der Waals surface area contributed by atoms with Crippen LogP contribution >= 0.6 is 0 Å². The Labute approximate surface area is 359 Å². The fraction of sp³-hybridized carbons (Fsp3) is 0.0172. The fourth-order valence-corrected chi connectivity index (χ4v) is 9.67. The molecule has 62 heavy (non-hydrogen) atoms. The Morgan fingerprint density at radius 2 is 0.903 bits per heavy atom. The number of furan rings is 1. The van der Waals surface area contributed by atoms with E-state index in [1.165, 1.54) is 33.4 Å². The first-order valence-corrected chi connectivity index (χ1v) is 21.0. The molecule has 0 saturated heterocycles. The summed E-state index contributed by atoms with van der Waals surface area (Å²) in [6.45, 7) is 0. The van der Waals surface area contributed by atoms with Crippen LogP contribution in [0.5, 0.6) is 0 Å². The second-order valence-corrected chi connectivity index (χ2v) is 15.9. The van der Waals surface area contributed by atoms with E-state index in [9.17, 15) is 0 Å². The summed E-state index contributed by atoms with van der Waals surface area (Å²) in [4.78, 5) is 15.1. The van der Waals surface area contributed by atoms with Crippen LogP contribution in [0.25, 0.3) is 89.2 Å². The molecule has 1 aliphatic rings. The first kappa shape index (κ1) is 35.7. The lowest BCUT2D eigenvalue weighted by Gasteiger charge is -2.34. The molecular formula is C58H37N3O. The van der Waals surface area contributed by atoms with Gasteiger partial charge in [-0.3, -0.25) is 4.98 Å². The molecule has 3 heterocycles. The minimum absolute atomic E-state index is 0.529. The summed E-state index contributed by atoms with van der Waals surface area (Å²) < 4.78 is 6.13. The molecule has 4 heteroatoms. The number of para-hydroxylation sites is 1. The average molecular weight is 792 g/mol. The monoisotopic (exact) mass is 791 g/mol. The van der Waals surface area contributed by atoms with Gasteiger partial charge in [0.25, 0.3) is 0 Å². The van der Waals surface area contributed by atoms with E-state index in [2.05, 4.69) is 193 Å². The molecule has 0 amide bonds. The van der Waals surface area contributed by atoms with Crippen LogP contribution in [0.15, 0.2) is 229 Å². The number of benzene rings is 8. The zero-order valence-electron chi connectivity index (χ0n) is 33.6. The van der Waals surface area contributed by atoms with Crippen LogP contribution in [0.3, 0.4) is 0 Å². The molecule has 0 saturated carbocycles. The minimum atomic E-state index is -0.529. The Hall–Kier alpha value is -8.21. The fourth-order valence-electron chi connectivity index (χ4n) is 9.67. The lowest BCUT2D eigenvalue weighted by atomic mass is 9.67. The van der Waals surface area contributed by atoms with Crippen molar-refractivity contribution in [3.05, 3.63) is 247 Å². The van der Waals surface area contributed by atoms with E-state index in [-0.39, 0.29) is 0 Å². The smallest absolute Gasteiger partial charge is 0.161 e. The molecule has 0 atom stereocenters.